The van der Waals surface area contributed by atoms with Crippen molar-refractivity contribution < 1.29 is 9.63 Å². The number of H-pyrrole nitrogens is 1. The number of rotatable bonds is 5. The normalized spacial score (nSPS) is 11.6. The molecule has 0 fully saturated rings. The molecule has 1 heterocycles. The average molecular weight is 327 g/mol. The number of aromatic amines is 1. The van der Waals surface area contributed by atoms with Gasteiger partial charge in [-0.15, -0.1) is 0 Å². The number of aromatic nitrogens is 1. The molecule has 0 aliphatic heterocycles. The van der Waals surface area contributed by atoms with E-state index in [2.05, 4.69) is 10.1 Å². The molecule has 1 amide bonds. The van der Waals surface area contributed by atoms with Crippen LogP contribution in [-0.4, -0.2) is 16.6 Å². The highest BCUT2D eigenvalue weighted by molar-refractivity contribution is 7.16. The largest absolute Gasteiger partial charge is 0.369 e. The van der Waals surface area contributed by atoms with Gasteiger partial charge in [-0.25, -0.2) is 0 Å². The number of carbonyl (C=O) groups is 1. The fraction of sp³-hybridized carbons (Fsp3) is 0.0625. The summed E-state index contributed by atoms with van der Waals surface area (Å²) < 4.78 is 0.777. The van der Waals surface area contributed by atoms with E-state index in [1.165, 1.54) is 0 Å². The summed E-state index contributed by atoms with van der Waals surface area (Å²) >= 11 is 1.09. The van der Waals surface area contributed by atoms with Gasteiger partial charge < -0.3 is 15.6 Å². The minimum Gasteiger partial charge on any atom is -0.369 e. The summed E-state index contributed by atoms with van der Waals surface area (Å²) in [5.74, 6) is -0.0128. The number of hydrogen-bond acceptors (Lipinski definition) is 5. The molecule has 0 spiro atoms. The lowest BCUT2D eigenvalue weighted by Gasteiger charge is -2.05. The second-order valence-electron chi connectivity index (χ2n) is 4.81. The van der Waals surface area contributed by atoms with Gasteiger partial charge in [0.2, 0.25) is 5.91 Å². The number of nitrogens with zero attached hydrogens (tertiary/aromatic N) is 1. The predicted molar refractivity (Wildman–Crippen MR) is 89.9 cm³/mol. The number of amides is 1. The zero-order chi connectivity index (χ0) is 16.2. The van der Waals surface area contributed by atoms with E-state index in [4.69, 9.17) is 10.6 Å². The summed E-state index contributed by atoms with van der Waals surface area (Å²) in [5.41, 5.74) is 7.22. The van der Waals surface area contributed by atoms with Gasteiger partial charge >= 0.3 is 4.87 Å². The highest BCUT2D eigenvalue weighted by Gasteiger charge is 2.09. The molecule has 2 aromatic carbocycles. The fourth-order valence-corrected chi connectivity index (χ4v) is 2.84. The van der Waals surface area contributed by atoms with Crippen LogP contribution in [0, 0.1) is 0 Å². The number of nitrogens with two attached hydrogens (primary N) is 1. The van der Waals surface area contributed by atoms with Crippen molar-refractivity contribution >= 4 is 33.2 Å². The van der Waals surface area contributed by atoms with Gasteiger partial charge in [0.1, 0.15) is 0 Å². The van der Waals surface area contributed by atoms with E-state index in [0.29, 0.717) is 11.5 Å². The molecule has 0 bridgehead atoms. The van der Waals surface area contributed by atoms with Crippen LogP contribution >= 0.6 is 11.3 Å². The predicted octanol–water partition coefficient (Wildman–Crippen LogP) is 2.25. The molecule has 0 aliphatic carbocycles. The lowest BCUT2D eigenvalue weighted by atomic mass is 10.1. The molecule has 0 radical (unpaired) electrons. The van der Waals surface area contributed by atoms with Crippen molar-refractivity contribution in [2.24, 2.45) is 10.9 Å². The Morgan fingerprint density at radius 1 is 1.22 bits per heavy atom. The summed E-state index contributed by atoms with van der Waals surface area (Å²) in [6.45, 7) is 0. The van der Waals surface area contributed by atoms with Crippen LogP contribution in [0.2, 0.25) is 0 Å². The van der Waals surface area contributed by atoms with Gasteiger partial charge in [-0.05, 0) is 17.7 Å². The molecule has 0 saturated heterocycles. The van der Waals surface area contributed by atoms with E-state index < -0.39 is 5.91 Å². The van der Waals surface area contributed by atoms with Crippen LogP contribution in [0.4, 0.5) is 0 Å². The third-order valence-corrected chi connectivity index (χ3v) is 3.95. The van der Waals surface area contributed by atoms with E-state index in [0.717, 1.165) is 27.1 Å². The number of thiazole rings is 1. The first-order valence-electron chi connectivity index (χ1n) is 6.82. The molecule has 3 aromatic rings. The van der Waals surface area contributed by atoms with Crippen LogP contribution < -0.4 is 15.4 Å². The lowest BCUT2D eigenvalue weighted by molar-refractivity contribution is -0.116. The summed E-state index contributed by atoms with van der Waals surface area (Å²) in [6.07, 6.45) is -0.0241. The number of oxime groups is 1. The number of fused-ring (bicyclic) bond motifs is 1. The SMILES string of the molecule is NC(=O)C/C(=N\Oc1ccc2[nH]c(=O)sc2c1)c1ccccc1. The van der Waals surface area contributed by atoms with Crippen molar-refractivity contribution in [1.82, 2.24) is 4.98 Å². The molecule has 3 rings (SSSR count). The Morgan fingerprint density at radius 3 is 2.74 bits per heavy atom. The number of nitrogens with one attached hydrogen (secondary N) is 1. The van der Waals surface area contributed by atoms with Crippen LogP contribution in [0.3, 0.4) is 0 Å². The van der Waals surface area contributed by atoms with E-state index in [9.17, 15) is 9.59 Å². The Hall–Kier alpha value is -2.93. The monoisotopic (exact) mass is 327 g/mol. The third kappa shape index (κ3) is 3.64. The standard InChI is InChI=1S/C16H13N3O3S/c17-15(20)9-13(10-4-2-1-3-5-10)19-22-11-6-7-12-14(8-11)23-16(21)18-12/h1-8H,9H2,(H2,17,20)(H,18,21)/b19-13+. The molecule has 0 aliphatic rings. The number of hydrogen-bond donors (Lipinski definition) is 2. The summed E-state index contributed by atoms with van der Waals surface area (Å²) in [7, 11) is 0. The second kappa shape index (κ2) is 6.45. The Balaban J connectivity index is 1.89. The van der Waals surface area contributed by atoms with Crippen LogP contribution in [0.5, 0.6) is 5.75 Å². The first-order chi connectivity index (χ1) is 11.1. The lowest BCUT2D eigenvalue weighted by Crippen LogP contribution is -2.17. The number of benzene rings is 2. The van der Waals surface area contributed by atoms with Gasteiger partial charge in [-0.2, -0.15) is 0 Å². The molecule has 116 valence electrons. The minimum atomic E-state index is -0.490. The van der Waals surface area contributed by atoms with Crippen molar-refractivity contribution in [3.8, 4) is 5.75 Å². The molecule has 0 unspecified atom stereocenters. The maximum absolute atomic E-state index is 11.3. The molecule has 6 nitrogen and oxygen atoms in total. The fourth-order valence-electron chi connectivity index (χ4n) is 2.07. The molecule has 3 N–H and O–H groups in total. The zero-order valence-electron chi connectivity index (χ0n) is 12.0. The maximum Gasteiger partial charge on any atom is 0.305 e. The highest BCUT2D eigenvalue weighted by atomic mass is 32.1. The highest BCUT2D eigenvalue weighted by Crippen LogP contribution is 2.21. The van der Waals surface area contributed by atoms with Crippen molar-refractivity contribution in [3.63, 3.8) is 0 Å². The molecular weight excluding hydrogens is 314 g/mol. The molecular formula is C16H13N3O3S. The van der Waals surface area contributed by atoms with Gasteiger partial charge in [0.15, 0.2) is 5.75 Å². The second-order valence-corrected chi connectivity index (χ2v) is 5.83. The van der Waals surface area contributed by atoms with Crippen molar-refractivity contribution in [3.05, 3.63) is 63.8 Å². The van der Waals surface area contributed by atoms with E-state index in [1.807, 2.05) is 30.3 Å². The molecule has 7 heteroatoms. The maximum atomic E-state index is 11.3. The zero-order valence-corrected chi connectivity index (χ0v) is 12.8. The van der Waals surface area contributed by atoms with Crippen LogP contribution in [0.1, 0.15) is 12.0 Å². The summed E-state index contributed by atoms with van der Waals surface area (Å²) in [6, 6.07) is 14.4. The van der Waals surface area contributed by atoms with Crippen LogP contribution in [-0.2, 0) is 4.79 Å². The first kappa shape index (κ1) is 15.0. The van der Waals surface area contributed by atoms with Crippen molar-refractivity contribution in [1.29, 1.82) is 0 Å². The minimum absolute atomic E-state index is 0.0241. The Bertz CT molecular complexity index is 928. The Morgan fingerprint density at radius 2 is 2.00 bits per heavy atom. The van der Waals surface area contributed by atoms with Crippen molar-refractivity contribution in [2.45, 2.75) is 6.42 Å². The van der Waals surface area contributed by atoms with E-state index >= 15 is 0 Å². The topological polar surface area (TPSA) is 97.5 Å². The average Bonchev–Trinajstić information content (AvgIpc) is 2.91. The van der Waals surface area contributed by atoms with E-state index in [-0.39, 0.29) is 11.3 Å². The number of primary amides is 1. The Kier molecular flexibility index (Phi) is 4.20. The first-order valence-corrected chi connectivity index (χ1v) is 7.64. The van der Waals surface area contributed by atoms with Gasteiger partial charge in [-0.3, -0.25) is 9.59 Å². The third-order valence-electron chi connectivity index (χ3n) is 3.10. The van der Waals surface area contributed by atoms with Gasteiger partial charge in [-0.1, -0.05) is 46.8 Å². The van der Waals surface area contributed by atoms with E-state index in [1.54, 1.807) is 18.2 Å². The van der Waals surface area contributed by atoms with Gasteiger partial charge in [0.25, 0.3) is 0 Å². The van der Waals surface area contributed by atoms with Crippen LogP contribution in [0.25, 0.3) is 10.2 Å². The quantitative estimate of drug-likeness (QED) is 0.555. The van der Waals surface area contributed by atoms with Gasteiger partial charge in [0.05, 0.1) is 22.3 Å². The Labute approximate surface area is 135 Å². The van der Waals surface area contributed by atoms with Gasteiger partial charge in [0, 0.05) is 6.07 Å². The molecule has 0 atom stereocenters. The molecule has 1 aromatic heterocycles. The smallest absolute Gasteiger partial charge is 0.305 e. The summed E-state index contributed by atoms with van der Waals surface area (Å²) in [4.78, 5) is 30.5. The molecule has 23 heavy (non-hydrogen) atoms. The molecule has 0 saturated carbocycles. The van der Waals surface area contributed by atoms with Crippen LogP contribution in [0.15, 0.2) is 58.5 Å². The summed E-state index contributed by atoms with van der Waals surface area (Å²) in [5, 5.41) is 4.05. The van der Waals surface area contributed by atoms with Crippen molar-refractivity contribution in [2.75, 3.05) is 0 Å². The number of carbonyl (C=O) groups excluding carboxylic acids is 1.